The van der Waals surface area contributed by atoms with Gasteiger partial charge in [-0.2, -0.15) is 0 Å². The lowest BCUT2D eigenvalue weighted by atomic mass is 10.1. The summed E-state index contributed by atoms with van der Waals surface area (Å²) in [6.07, 6.45) is 3.65. The summed E-state index contributed by atoms with van der Waals surface area (Å²) in [5, 5.41) is 3.99. The lowest BCUT2D eigenvalue weighted by Gasteiger charge is -2.26. The fourth-order valence-corrected chi connectivity index (χ4v) is 2.98. The number of hydrogen-bond acceptors (Lipinski definition) is 3. The van der Waals surface area contributed by atoms with E-state index in [2.05, 4.69) is 52.5 Å². The summed E-state index contributed by atoms with van der Waals surface area (Å²) < 4.78 is 5.29. The van der Waals surface area contributed by atoms with E-state index in [1.807, 2.05) is 36.5 Å². The molecule has 0 radical (unpaired) electrons. The molecule has 0 saturated carbocycles. The Morgan fingerprint density at radius 1 is 1.04 bits per heavy atom. The molecule has 1 heterocycles. The summed E-state index contributed by atoms with van der Waals surface area (Å²) in [6.45, 7) is 3.48. The largest absolute Gasteiger partial charge is 0.497 e. The number of aryl methyl sites for hydroxylation is 1. The number of benzene rings is 2. The van der Waals surface area contributed by atoms with Crippen molar-refractivity contribution in [1.29, 1.82) is 0 Å². The molecule has 0 atom stereocenters. The zero-order valence-electron chi connectivity index (χ0n) is 15.6. The molecular weight excluding hydrogens is 354 g/mol. The third kappa shape index (κ3) is 5.53. The number of nitrogens with zero attached hydrogens (tertiary/aromatic N) is 2. The molecule has 3 rings (SSSR count). The molecule has 0 fully saturated rings. The van der Waals surface area contributed by atoms with Gasteiger partial charge in [-0.25, -0.2) is 0 Å². The molecule has 4 nitrogen and oxygen atoms in total. The van der Waals surface area contributed by atoms with Crippen molar-refractivity contribution in [3.63, 3.8) is 0 Å². The molecule has 0 bridgehead atoms. The highest BCUT2D eigenvalue weighted by Gasteiger charge is 2.12. The van der Waals surface area contributed by atoms with E-state index in [9.17, 15) is 0 Å². The van der Waals surface area contributed by atoms with Crippen LogP contribution in [0.1, 0.15) is 16.7 Å². The summed E-state index contributed by atoms with van der Waals surface area (Å²) in [7, 11) is 1.66. The Morgan fingerprint density at radius 3 is 2.52 bits per heavy atom. The fraction of sp³-hybridized carbons (Fsp3) is 0.182. The summed E-state index contributed by atoms with van der Waals surface area (Å²) in [4.78, 5) is 6.35. The average molecular weight is 378 g/mol. The van der Waals surface area contributed by atoms with E-state index in [0.29, 0.717) is 18.2 Å². The van der Waals surface area contributed by atoms with Crippen LogP contribution in [0.15, 0.2) is 73.1 Å². The van der Waals surface area contributed by atoms with E-state index in [-0.39, 0.29) is 0 Å². The molecule has 2 aromatic carbocycles. The number of aromatic nitrogens is 1. The first-order valence-electron chi connectivity index (χ1n) is 8.78. The van der Waals surface area contributed by atoms with Gasteiger partial charge in [0.05, 0.1) is 7.11 Å². The predicted molar refractivity (Wildman–Crippen MR) is 114 cm³/mol. The quantitative estimate of drug-likeness (QED) is 0.625. The topological polar surface area (TPSA) is 37.4 Å². The van der Waals surface area contributed by atoms with E-state index < -0.39 is 0 Å². The normalized spacial score (nSPS) is 10.3. The standard InChI is InChI=1S/C22H23N3OS/c1-17-8-10-18(11-9-17)15-25(16-19-5-4-12-23-14-19)22(27)24-20-6-3-7-21(13-20)26-2/h3-14H,15-16H2,1-2H3,(H,24,27). The molecule has 0 aliphatic carbocycles. The molecule has 0 spiro atoms. The minimum absolute atomic E-state index is 0.660. The van der Waals surface area contributed by atoms with Crippen LogP contribution in [-0.2, 0) is 13.1 Å². The third-order valence-electron chi connectivity index (χ3n) is 4.20. The molecule has 0 aliphatic rings. The second-order valence-corrected chi connectivity index (χ2v) is 6.75. The Labute approximate surface area is 165 Å². The Balaban J connectivity index is 1.78. The van der Waals surface area contributed by atoms with E-state index >= 15 is 0 Å². The van der Waals surface area contributed by atoms with Gasteiger partial charge >= 0.3 is 0 Å². The maximum Gasteiger partial charge on any atom is 0.174 e. The fourth-order valence-electron chi connectivity index (χ4n) is 2.73. The van der Waals surface area contributed by atoms with Crippen LogP contribution in [0, 0.1) is 6.92 Å². The van der Waals surface area contributed by atoms with Crippen molar-refractivity contribution in [2.75, 3.05) is 12.4 Å². The van der Waals surface area contributed by atoms with Crippen molar-refractivity contribution >= 4 is 23.0 Å². The number of hydrogen-bond donors (Lipinski definition) is 1. The number of pyridine rings is 1. The van der Waals surface area contributed by atoms with Crippen LogP contribution in [0.2, 0.25) is 0 Å². The van der Waals surface area contributed by atoms with Crippen LogP contribution in [-0.4, -0.2) is 22.1 Å². The van der Waals surface area contributed by atoms with Gasteiger partial charge in [0.1, 0.15) is 5.75 Å². The average Bonchev–Trinajstić information content (AvgIpc) is 2.70. The van der Waals surface area contributed by atoms with E-state index in [1.54, 1.807) is 13.3 Å². The molecule has 0 saturated heterocycles. The molecule has 5 heteroatoms. The highest BCUT2D eigenvalue weighted by atomic mass is 32.1. The molecule has 0 unspecified atom stereocenters. The number of thiocarbonyl (C=S) groups is 1. The third-order valence-corrected chi connectivity index (χ3v) is 4.56. The van der Waals surface area contributed by atoms with Crippen LogP contribution in [0.3, 0.4) is 0 Å². The van der Waals surface area contributed by atoms with Gasteiger partial charge in [-0.3, -0.25) is 4.98 Å². The number of anilines is 1. The van der Waals surface area contributed by atoms with Crippen LogP contribution >= 0.6 is 12.2 Å². The van der Waals surface area contributed by atoms with Crippen molar-refractivity contribution in [2.24, 2.45) is 0 Å². The molecule has 0 amide bonds. The van der Waals surface area contributed by atoms with Gasteiger partial charge in [0, 0.05) is 37.2 Å². The van der Waals surface area contributed by atoms with Gasteiger partial charge in [0.25, 0.3) is 0 Å². The van der Waals surface area contributed by atoms with Crippen molar-refractivity contribution < 1.29 is 4.74 Å². The summed E-state index contributed by atoms with van der Waals surface area (Å²) >= 11 is 5.71. The number of rotatable bonds is 6. The highest BCUT2D eigenvalue weighted by molar-refractivity contribution is 7.80. The smallest absolute Gasteiger partial charge is 0.174 e. The van der Waals surface area contributed by atoms with E-state index in [1.165, 1.54) is 11.1 Å². The first-order valence-corrected chi connectivity index (χ1v) is 9.19. The number of ether oxygens (including phenoxy) is 1. The minimum Gasteiger partial charge on any atom is -0.497 e. The molecule has 0 aliphatic heterocycles. The van der Waals surface area contributed by atoms with Crippen LogP contribution in [0.4, 0.5) is 5.69 Å². The van der Waals surface area contributed by atoms with Crippen LogP contribution in [0.5, 0.6) is 5.75 Å². The summed E-state index contributed by atoms with van der Waals surface area (Å²) in [6, 6.07) is 20.3. The number of nitrogens with one attached hydrogen (secondary N) is 1. The van der Waals surface area contributed by atoms with E-state index in [4.69, 9.17) is 17.0 Å². The SMILES string of the molecule is COc1cccc(NC(=S)N(Cc2ccc(C)cc2)Cc2cccnc2)c1. The monoisotopic (exact) mass is 377 g/mol. The van der Waals surface area contributed by atoms with Gasteiger partial charge in [0.2, 0.25) is 0 Å². The Morgan fingerprint density at radius 2 is 1.81 bits per heavy atom. The van der Waals surface area contributed by atoms with Crippen LogP contribution in [0.25, 0.3) is 0 Å². The molecule has 1 aromatic heterocycles. The number of methoxy groups -OCH3 is 1. The highest BCUT2D eigenvalue weighted by Crippen LogP contribution is 2.18. The predicted octanol–water partition coefficient (Wildman–Crippen LogP) is 4.80. The van der Waals surface area contributed by atoms with Gasteiger partial charge in [0.15, 0.2) is 5.11 Å². The Kier molecular flexibility index (Phi) is 6.39. The first kappa shape index (κ1) is 18.9. The first-order chi connectivity index (χ1) is 13.1. The lowest BCUT2D eigenvalue weighted by Crippen LogP contribution is -2.33. The van der Waals surface area contributed by atoms with E-state index in [0.717, 1.165) is 17.0 Å². The van der Waals surface area contributed by atoms with Crippen molar-refractivity contribution in [3.8, 4) is 5.75 Å². The maximum atomic E-state index is 5.71. The lowest BCUT2D eigenvalue weighted by molar-refractivity contribution is 0.411. The van der Waals surface area contributed by atoms with Gasteiger partial charge in [-0.05, 0) is 48.5 Å². The molecule has 1 N–H and O–H groups in total. The Bertz CT molecular complexity index is 882. The second kappa shape index (κ2) is 9.14. The van der Waals surface area contributed by atoms with Gasteiger partial charge < -0.3 is 15.0 Å². The summed E-state index contributed by atoms with van der Waals surface area (Å²) in [5.41, 5.74) is 4.47. The van der Waals surface area contributed by atoms with Crippen LogP contribution < -0.4 is 10.1 Å². The molecule has 138 valence electrons. The molecular formula is C22H23N3OS. The molecule has 27 heavy (non-hydrogen) atoms. The zero-order valence-corrected chi connectivity index (χ0v) is 16.4. The van der Waals surface area contributed by atoms with Crippen molar-refractivity contribution in [1.82, 2.24) is 9.88 Å². The minimum atomic E-state index is 0.660. The zero-order chi connectivity index (χ0) is 19.1. The van der Waals surface area contributed by atoms with Gasteiger partial charge in [-0.1, -0.05) is 42.0 Å². The van der Waals surface area contributed by atoms with Crippen molar-refractivity contribution in [3.05, 3.63) is 89.7 Å². The second-order valence-electron chi connectivity index (χ2n) is 6.37. The Hall–Kier alpha value is -2.92. The van der Waals surface area contributed by atoms with Gasteiger partial charge in [-0.15, -0.1) is 0 Å². The maximum absolute atomic E-state index is 5.71. The van der Waals surface area contributed by atoms with Crippen molar-refractivity contribution in [2.45, 2.75) is 20.0 Å². The molecule has 3 aromatic rings. The summed E-state index contributed by atoms with van der Waals surface area (Å²) in [5.74, 6) is 0.792.